The summed E-state index contributed by atoms with van der Waals surface area (Å²) in [5.41, 5.74) is 2.64. The van der Waals surface area contributed by atoms with E-state index in [1.807, 2.05) is 0 Å². The van der Waals surface area contributed by atoms with E-state index >= 15 is 0 Å². The van der Waals surface area contributed by atoms with Crippen LogP contribution in [0.2, 0.25) is 0 Å². The number of unbranched alkanes of at least 4 members (excludes halogenated alkanes) is 1. The maximum absolute atomic E-state index is 9.24. The summed E-state index contributed by atoms with van der Waals surface area (Å²) in [7, 11) is 0. The van der Waals surface area contributed by atoms with E-state index in [1.165, 1.54) is 24.0 Å². The van der Waals surface area contributed by atoms with Gasteiger partial charge in [0.2, 0.25) is 0 Å². The number of rotatable bonds is 9. The summed E-state index contributed by atoms with van der Waals surface area (Å²) < 4.78 is 0. The minimum Gasteiger partial charge on any atom is -0.396 e. The number of aliphatic hydroxyl groups is 1. The van der Waals surface area contributed by atoms with Crippen LogP contribution in [0.15, 0.2) is 60.7 Å². The molecule has 0 heterocycles. The molecule has 0 radical (unpaired) electrons. The third-order valence-electron chi connectivity index (χ3n) is 4.00. The monoisotopic (exact) mass is 297 g/mol. The molecule has 0 saturated carbocycles. The lowest BCUT2D eigenvalue weighted by Crippen LogP contribution is -2.32. The van der Waals surface area contributed by atoms with Crippen molar-refractivity contribution in [3.8, 4) is 0 Å². The number of aliphatic hydroxyl groups excluding tert-OH is 1. The second kappa shape index (κ2) is 9.39. The highest BCUT2D eigenvalue weighted by Gasteiger charge is 2.21. The molecule has 2 aromatic rings. The van der Waals surface area contributed by atoms with E-state index in [0.29, 0.717) is 0 Å². The molecule has 0 aliphatic carbocycles. The van der Waals surface area contributed by atoms with Gasteiger partial charge in [-0.15, -0.1) is 0 Å². The Morgan fingerprint density at radius 1 is 0.818 bits per heavy atom. The minimum absolute atomic E-state index is 0.249. The highest BCUT2D eigenvalue weighted by molar-refractivity contribution is 5.31. The summed E-state index contributed by atoms with van der Waals surface area (Å²) in [6, 6.07) is 21.6. The topological polar surface area (TPSA) is 23.5 Å². The second-order valence-corrected chi connectivity index (χ2v) is 5.69. The lowest BCUT2D eigenvalue weighted by molar-refractivity contribution is 0.191. The molecule has 22 heavy (non-hydrogen) atoms. The second-order valence-electron chi connectivity index (χ2n) is 5.69. The van der Waals surface area contributed by atoms with Gasteiger partial charge in [0.1, 0.15) is 0 Å². The molecule has 0 unspecified atom stereocenters. The van der Waals surface area contributed by atoms with Gasteiger partial charge in [0.25, 0.3) is 0 Å². The normalized spacial score (nSPS) is 11.3. The van der Waals surface area contributed by atoms with Crippen molar-refractivity contribution < 1.29 is 5.11 Å². The highest BCUT2D eigenvalue weighted by atomic mass is 16.3. The Balaban J connectivity index is 2.32. The van der Waals surface area contributed by atoms with Crippen molar-refractivity contribution in [2.24, 2.45) is 0 Å². The predicted octanol–water partition coefficient (Wildman–Crippen LogP) is 4.26. The van der Waals surface area contributed by atoms with Gasteiger partial charge in [-0.2, -0.15) is 0 Å². The fraction of sp³-hybridized carbons (Fsp3) is 0.400. The zero-order valence-electron chi connectivity index (χ0n) is 13.5. The van der Waals surface area contributed by atoms with Gasteiger partial charge in [-0.25, -0.2) is 0 Å². The zero-order valence-corrected chi connectivity index (χ0v) is 13.5. The van der Waals surface area contributed by atoms with Gasteiger partial charge in [0, 0.05) is 13.2 Å². The van der Waals surface area contributed by atoms with E-state index in [1.54, 1.807) is 0 Å². The lowest BCUT2D eigenvalue weighted by atomic mass is 9.96. The molecule has 0 fully saturated rings. The van der Waals surface area contributed by atoms with Crippen molar-refractivity contribution in [3.05, 3.63) is 71.8 Å². The molecule has 0 saturated heterocycles. The first-order valence-electron chi connectivity index (χ1n) is 8.31. The van der Waals surface area contributed by atoms with Crippen molar-refractivity contribution in [3.63, 3.8) is 0 Å². The summed E-state index contributed by atoms with van der Waals surface area (Å²) in [6.07, 6.45) is 3.19. The number of nitrogens with zero attached hydrogens (tertiary/aromatic N) is 1. The van der Waals surface area contributed by atoms with Crippen molar-refractivity contribution in [1.82, 2.24) is 4.90 Å². The first-order chi connectivity index (χ1) is 10.9. The first kappa shape index (κ1) is 16.7. The van der Waals surface area contributed by atoms with Crippen molar-refractivity contribution in [2.45, 2.75) is 32.2 Å². The van der Waals surface area contributed by atoms with Crippen molar-refractivity contribution >= 4 is 0 Å². The van der Waals surface area contributed by atoms with Crippen LogP contribution in [0.4, 0.5) is 0 Å². The van der Waals surface area contributed by atoms with Gasteiger partial charge < -0.3 is 5.11 Å². The van der Waals surface area contributed by atoms with E-state index in [9.17, 15) is 5.11 Å². The van der Waals surface area contributed by atoms with Crippen LogP contribution in [0.25, 0.3) is 0 Å². The van der Waals surface area contributed by atoms with E-state index in [-0.39, 0.29) is 12.6 Å². The van der Waals surface area contributed by atoms with Crippen LogP contribution < -0.4 is 0 Å². The maximum atomic E-state index is 9.24. The summed E-state index contributed by atoms with van der Waals surface area (Å²) in [5, 5.41) is 9.24. The summed E-state index contributed by atoms with van der Waals surface area (Å²) in [4.78, 5) is 2.50. The molecule has 2 aromatic carbocycles. The molecule has 2 rings (SSSR count). The van der Waals surface area contributed by atoms with Gasteiger partial charge >= 0.3 is 0 Å². The van der Waals surface area contributed by atoms with Crippen LogP contribution in [0, 0.1) is 0 Å². The van der Waals surface area contributed by atoms with E-state index in [0.717, 1.165) is 19.5 Å². The van der Waals surface area contributed by atoms with Gasteiger partial charge in [0.15, 0.2) is 0 Å². The van der Waals surface area contributed by atoms with E-state index in [2.05, 4.69) is 72.5 Å². The molecule has 0 atom stereocenters. The Morgan fingerprint density at radius 2 is 1.32 bits per heavy atom. The van der Waals surface area contributed by atoms with Crippen LogP contribution in [0.3, 0.4) is 0 Å². The maximum Gasteiger partial charge on any atom is 0.0601 e. The Labute approximate surface area is 134 Å². The third-order valence-corrected chi connectivity index (χ3v) is 4.00. The molecule has 0 spiro atoms. The molecule has 0 aliphatic heterocycles. The standard InChI is InChI=1S/C20H27NO/c1-2-3-15-21(16-10-17-22)20(18-11-6-4-7-12-18)19-13-8-5-9-14-19/h4-9,11-14,20,22H,2-3,10,15-17H2,1H3. The number of benzene rings is 2. The fourth-order valence-corrected chi connectivity index (χ4v) is 2.89. The SMILES string of the molecule is CCCCN(CCCO)C(c1ccccc1)c1ccccc1. The first-order valence-corrected chi connectivity index (χ1v) is 8.31. The summed E-state index contributed by atoms with van der Waals surface area (Å²) >= 11 is 0. The molecule has 0 aliphatic rings. The molecule has 118 valence electrons. The van der Waals surface area contributed by atoms with Crippen LogP contribution in [0.1, 0.15) is 43.4 Å². The molecule has 2 nitrogen and oxygen atoms in total. The Morgan fingerprint density at radius 3 is 1.77 bits per heavy atom. The van der Waals surface area contributed by atoms with Gasteiger partial charge in [-0.05, 0) is 30.5 Å². The van der Waals surface area contributed by atoms with Gasteiger partial charge in [-0.1, -0.05) is 74.0 Å². The Kier molecular flexibility index (Phi) is 7.14. The molecular weight excluding hydrogens is 270 g/mol. The summed E-state index contributed by atoms with van der Waals surface area (Å²) in [6.45, 7) is 4.46. The van der Waals surface area contributed by atoms with Crippen LogP contribution in [-0.4, -0.2) is 29.7 Å². The van der Waals surface area contributed by atoms with Crippen molar-refractivity contribution in [1.29, 1.82) is 0 Å². The number of hydrogen-bond acceptors (Lipinski definition) is 2. The molecule has 0 aromatic heterocycles. The van der Waals surface area contributed by atoms with Crippen LogP contribution in [0.5, 0.6) is 0 Å². The van der Waals surface area contributed by atoms with Gasteiger partial charge in [-0.3, -0.25) is 4.90 Å². The quantitative estimate of drug-likeness (QED) is 0.747. The average Bonchev–Trinajstić information content (AvgIpc) is 2.59. The van der Waals surface area contributed by atoms with Crippen LogP contribution >= 0.6 is 0 Å². The van der Waals surface area contributed by atoms with E-state index < -0.39 is 0 Å². The van der Waals surface area contributed by atoms with Crippen molar-refractivity contribution in [2.75, 3.05) is 19.7 Å². The summed E-state index contributed by atoms with van der Waals surface area (Å²) in [5.74, 6) is 0. The molecule has 1 N–H and O–H groups in total. The smallest absolute Gasteiger partial charge is 0.0601 e. The fourth-order valence-electron chi connectivity index (χ4n) is 2.89. The molecule has 0 amide bonds. The van der Waals surface area contributed by atoms with E-state index in [4.69, 9.17) is 0 Å². The molecule has 0 bridgehead atoms. The van der Waals surface area contributed by atoms with Gasteiger partial charge in [0.05, 0.1) is 6.04 Å². The Bertz CT molecular complexity index is 464. The lowest BCUT2D eigenvalue weighted by Gasteiger charge is -2.32. The largest absolute Gasteiger partial charge is 0.396 e. The Hall–Kier alpha value is -1.64. The molecular formula is C20H27NO. The number of hydrogen-bond donors (Lipinski definition) is 1. The average molecular weight is 297 g/mol. The van der Waals surface area contributed by atoms with Crippen LogP contribution in [-0.2, 0) is 0 Å². The zero-order chi connectivity index (χ0) is 15.6. The predicted molar refractivity (Wildman–Crippen MR) is 92.9 cm³/mol. The third kappa shape index (κ3) is 4.69. The minimum atomic E-state index is 0.249. The molecule has 2 heteroatoms. The highest BCUT2D eigenvalue weighted by Crippen LogP contribution is 2.29.